The molecule has 1 amide bonds. The van der Waals surface area contributed by atoms with Crippen molar-refractivity contribution in [3.8, 4) is 0 Å². The van der Waals surface area contributed by atoms with Crippen molar-refractivity contribution in [1.29, 1.82) is 0 Å². The largest absolute Gasteiger partial charge is 0.328 e. The van der Waals surface area contributed by atoms with Crippen LogP contribution in [0.5, 0.6) is 0 Å². The summed E-state index contributed by atoms with van der Waals surface area (Å²) in [5.41, 5.74) is 5.29. The Hall–Kier alpha value is -3.22. The highest BCUT2D eigenvalue weighted by Gasteiger charge is 2.07. The van der Waals surface area contributed by atoms with E-state index in [-0.39, 0.29) is 11.6 Å². The van der Waals surface area contributed by atoms with Gasteiger partial charge in [-0.15, -0.1) is 0 Å². The maximum absolute atomic E-state index is 11.9. The van der Waals surface area contributed by atoms with Crippen LogP contribution >= 0.6 is 0 Å². The van der Waals surface area contributed by atoms with E-state index in [0.29, 0.717) is 5.56 Å². The van der Waals surface area contributed by atoms with Gasteiger partial charge in [-0.2, -0.15) is 5.10 Å². The van der Waals surface area contributed by atoms with E-state index in [9.17, 15) is 9.59 Å². The fourth-order valence-electron chi connectivity index (χ4n) is 2.34. The standard InChI is InChI=1S/C16H15N5O2/c1-20-13-4-3-11(9-14(13)21(2)16(20)23)10-18-19-15(22)12-5-7-17-8-6-12/h3-10H,1-2H3,(H,19,22)/b18-10-. The molecule has 0 fully saturated rings. The second kappa shape index (κ2) is 5.88. The first-order valence-corrected chi connectivity index (χ1v) is 6.97. The van der Waals surface area contributed by atoms with Crippen LogP contribution in [0.15, 0.2) is 52.6 Å². The van der Waals surface area contributed by atoms with Crippen molar-refractivity contribution in [3.63, 3.8) is 0 Å². The lowest BCUT2D eigenvalue weighted by Gasteiger charge is -1.99. The molecule has 0 radical (unpaired) electrons. The van der Waals surface area contributed by atoms with Crippen LogP contribution in [0.1, 0.15) is 15.9 Å². The Morgan fingerprint density at radius 3 is 2.57 bits per heavy atom. The number of rotatable bonds is 3. The Kier molecular flexibility index (Phi) is 3.76. The molecule has 7 heteroatoms. The number of nitrogens with zero attached hydrogens (tertiary/aromatic N) is 4. The van der Waals surface area contributed by atoms with Crippen LogP contribution in [-0.4, -0.2) is 26.2 Å². The second-order valence-electron chi connectivity index (χ2n) is 5.08. The molecular weight excluding hydrogens is 294 g/mol. The van der Waals surface area contributed by atoms with Crippen molar-refractivity contribution in [1.82, 2.24) is 19.5 Å². The summed E-state index contributed by atoms with van der Waals surface area (Å²) >= 11 is 0. The van der Waals surface area contributed by atoms with E-state index < -0.39 is 0 Å². The Balaban J connectivity index is 1.80. The molecular formula is C16H15N5O2. The molecule has 0 aliphatic heterocycles. The van der Waals surface area contributed by atoms with Gasteiger partial charge in [-0.1, -0.05) is 6.07 Å². The summed E-state index contributed by atoms with van der Waals surface area (Å²) in [6.07, 6.45) is 4.63. The van der Waals surface area contributed by atoms with Crippen LogP contribution in [0.4, 0.5) is 0 Å². The van der Waals surface area contributed by atoms with Gasteiger partial charge >= 0.3 is 5.69 Å². The van der Waals surface area contributed by atoms with Gasteiger partial charge in [0.05, 0.1) is 17.2 Å². The molecule has 2 aromatic heterocycles. The Labute approximate surface area is 131 Å². The van der Waals surface area contributed by atoms with Crippen molar-refractivity contribution >= 4 is 23.2 Å². The molecule has 0 saturated carbocycles. The number of nitrogens with one attached hydrogen (secondary N) is 1. The van der Waals surface area contributed by atoms with Crippen molar-refractivity contribution in [2.45, 2.75) is 0 Å². The summed E-state index contributed by atoms with van der Waals surface area (Å²) in [7, 11) is 3.45. The smallest absolute Gasteiger partial charge is 0.295 e. The molecule has 0 bridgehead atoms. The number of amides is 1. The van der Waals surface area contributed by atoms with Crippen LogP contribution in [0.2, 0.25) is 0 Å². The normalized spacial score (nSPS) is 11.2. The SMILES string of the molecule is Cn1c(=O)n(C)c2cc(/C=N\NC(=O)c3ccncc3)ccc21. The lowest BCUT2D eigenvalue weighted by atomic mass is 10.2. The van der Waals surface area contributed by atoms with Gasteiger partial charge in [-0.05, 0) is 29.8 Å². The van der Waals surface area contributed by atoms with Crippen LogP contribution in [-0.2, 0) is 14.1 Å². The lowest BCUT2D eigenvalue weighted by Crippen LogP contribution is -2.19. The number of imidazole rings is 1. The number of hydrogen-bond acceptors (Lipinski definition) is 4. The zero-order chi connectivity index (χ0) is 16.4. The molecule has 1 aromatic carbocycles. The fourth-order valence-corrected chi connectivity index (χ4v) is 2.34. The predicted octanol–water partition coefficient (Wildman–Crippen LogP) is 1.04. The van der Waals surface area contributed by atoms with E-state index in [1.165, 1.54) is 6.21 Å². The summed E-state index contributed by atoms with van der Waals surface area (Å²) in [6.45, 7) is 0. The molecule has 0 aliphatic rings. The number of hydrogen-bond donors (Lipinski definition) is 1. The summed E-state index contributed by atoms with van der Waals surface area (Å²) in [6, 6.07) is 8.75. The van der Waals surface area contributed by atoms with E-state index in [2.05, 4.69) is 15.5 Å². The molecule has 0 saturated heterocycles. The molecule has 0 spiro atoms. The number of pyridine rings is 1. The Morgan fingerprint density at radius 1 is 1.13 bits per heavy atom. The van der Waals surface area contributed by atoms with E-state index in [4.69, 9.17) is 0 Å². The summed E-state index contributed by atoms with van der Waals surface area (Å²) in [4.78, 5) is 27.6. The Morgan fingerprint density at radius 2 is 1.83 bits per heavy atom. The molecule has 0 atom stereocenters. The number of carbonyl (C=O) groups is 1. The third kappa shape index (κ3) is 2.76. The zero-order valence-corrected chi connectivity index (χ0v) is 12.7. The predicted molar refractivity (Wildman–Crippen MR) is 87.5 cm³/mol. The molecule has 116 valence electrons. The summed E-state index contributed by atoms with van der Waals surface area (Å²) in [5, 5.41) is 3.94. The minimum atomic E-state index is -0.308. The monoisotopic (exact) mass is 309 g/mol. The summed E-state index contributed by atoms with van der Waals surface area (Å²) < 4.78 is 3.16. The van der Waals surface area contributed by atoms with Crippen molar-refractivity contribution in [2.75, 3.05) is 0 Å². The van der Waals surface area contributed by atoms with Crippen LogP contribution in [0, 0.1) is 0 Å². The zero-order valence-electron chi connectivity index (χ0n) is 12.7. The average Bonchev–Trinajstić information content (AvgIpc) is 2.80. The molecule has 2 heterocycles. The van der Waals surface area contributed by atoms with E-state index in [1.807, 2.05) is 18.2 Å². The lowest BCUT2D eigenvalue weighted by molar-refractivity contribution is 0.0955. The number of fused-ring (bicyclic) bond motifs is 1. The molecule has 23 heavy (non-hydrogen) atoms. The first kappa shape index (κ1) is 14.7. The number of aromatic nitrogens is 3. The first-order chi connectivity index (χ1) is 11.1. The van der Waals surface area contributed by atoms with Gasteiger partial charge in [0.1, 0.15) is 0 Å². The maximum atomic E-state index is 11.9. The molecule has 7 nitrogen and oxygen atoms in total. The van der Waals surface area contributed by atoms with Gasteiger partial charge < -0.3 is 0 Å². The van der Waals surface area contributed by atoms with Crippen LogP contribution in [0.25, 0.3) is 11.0 Å². The van der Waals surface area contributed by atoms with Gasteiger partial charge in [0, 0.05) is 32.1 Å². The summed E-state index contributed by atoms with van der Waals surface area (Å²) in [5.74, 6) is -0.308. The topological polar surface area (TPSA) is 81.3 Å². The highest BCUT2D eigenvalue weighted by Crippen LogP contribution is 2.12. The highest BCUT2D eigenvalue weighted by molar-refractivity contribution is 5.95. The van der Waals surface area contributed by atoms with E-state index in [0.717, 1.165) is 16.6 Å². The van der Waals surface area contributed by atoms with Gasteiger partial charge in [0.2, 0.25) is 0 Å². The fraction of sp³-hybridized carbons (Fsp3) is 0.125. The molecule has 0 aliphatic carbocycles. The number of aryl methyl sites for hydroxylation is 2. The third-order valence-electron chi connectivity index (χ3n) is 3.62. The van der Waals surface area contributed by atoms with Crippen molar-refractivity contribution in [3.05, 3.63) is 64.3 Å². The van der Waals surface area contributed by atoms with E-state index in [1.54, 1.807) is 47.8 Å². The van der Waals surface area contributed by atoms with Gasteiger partial charge in [-0.25, -0.2) is 10.2 Å². The second-order valence-corrected chi connectivity index (χ2v) is 5.08. The van der Waals surface area contributed by atoms with Crippen LogP contribution < -0.4 is 11.1 Å². The molecule has 1 N–H and O–H groups in total. The molecule has 0 unspecified atom stereocenters. The van der Waals surface area contributed by atoms with E-state index >= 15 is 0 Å². The Bertz CT molecular complexity index is 954. The minimum absolute atomic E-state index is 0.0833. The van der Waals surface area contributed by atoms with Gasteiger partial charge in [0.25, 0.3) is 5.91 Å². The minimum Gasteiger partial charge on any atom is -0.295 e. The van der Waals surface area contributed by atoms with Gasteiger partial charge in [0.15, 0.2) is 0 Å². The maximum Gasteiger partial charge on any atom is 0.328 e. The van der Waals surface area contributed by atoms with Gasteiger partial charge in [-0.3, -0.25) is 18.9 Å². The van der Waals surface area contributed by atoms with Crippen LogP contribution in [0.3, 0.4) is 0 Å². The quantitative estimate of drug-likeness (QED) is 0.579. The average molecular weight is 309 g/mol. The highest BCUT2D eigenvalue weighted by atomic mass is 16.2. The van der Waals surface area contributed by atoms with Crippen molar-refractivity contribution < 1.29 is 4.79 Å². The number of hydrazone groups is 1. The molecule has 3 rings (SSSR count). The number of carbonyl (C=O) groups excluding carboxylic acids is 1. The van der Waals surface area contributed by atoms with Crippen molar-refractivity contribution in [2.24, 2.45) is 19.2 Å². The third-order valence-corrected chi connectivity index (χ3v) is 3.62. The first-order valence-electron chi connectivity index (χ1n) is 6.97. The number of benzene rings is 1. The molecule has 3 aromatic rings.